The third-order valence-corrected chi connectivity index (χ3v) is 3.15. The van der Waals surface area contributed by atoms with Crippen molar-refractivity contribution in [2.75, 3.05) is 40.4 Å². The molecule has 0 aliphatic carbocycles. The normalized spacial score (nSPS) is 20.3. The third kappa shape index (κ3) is 2.91. The summed E-state index contributed by atoms with van der Waals surface area (Å²) in [5.41, 5.74) is 1.92. The summed E-state index contributed by atoms with van der Waals surface area (Å²) in [5, 5.41) is 0. The van der Waals surface area contributed by atoms with Crippen LogP contribution in [0.2, 0.25) is 0 Å². The molecule has 0 aromatic carbocycles. The summed E-state index contributed by atoms with van der Waals surface area (Å²) in [4.78, 5) is 20.1. The summed E-state index contributed by atoms with van der Waals surface area (Å²) in [6.45, 7) is 6.13. The molecule has 0 aromatic rings. The van der Waals surface area contributed by atoms with Crippen LogP contribution in [0.5, 0.6) is 0 Å². The quantitative estimate of drug-likeness (QED) is 0.223. The molecular weight excluding hydrogens is 234 g/mol. The molecule has 0 saturated carbocycles. The van der Waals surface area contributed by atoms with Gasteiger partial charge in [-0.25, -0.2) is 10.8 Å². The van der Waals surface area contributed by atoms with Gasteiger partial charge in [0.05, 0.1) is 13.2 Å². The van der Waals surface area contributed by atoms with Gasteiger partial charge in [0.25, 0.3) is 0 Å². The number of carbonyl (C=O) groups excluding carboxylic acids is 1. The molecule has 7 nitrogen and oxygen atoms in total. The molecule has 0 atom stereocenters. The molecule has 0 spiro atoms. The highest BCUT2D eigenvalue weighted by molar-refractivity contribution is 5.92. The van der Waals surface area contributed by atoms with Gasteiger partial charge >= 0.3 is 0 Å². The van der Waals surface area contributed by atoms with E-state index in [1.165, 1.54) is 0 Å². The number of nitrogens with zero attached hydrogens (tertiary/aromatic N) is 3. The fraction of sp³-hybridized carbons (Fsp3) is 0.818. The monoisotopic (exact) mass is 257 g/mol. The Hall–Kier alpha value is -1.34. The number of likely N-dealkylation sites (N-methyl/N-ethyl adjacent to an activating group) is 1. The maximum Gasteiger partial charge on any atom is 0.247 e. The van der Waals surface area contributed by atoms with Gasteiger partial charge in [0.1, 0.15) is 5.54 Å². The fourth-order valence-corrected chi connectivity index (χ4v) is 2.04. The van der Waals surface area contributed by atoms with Gasteiger partial charge in [0.2, 0.25) is 11.9 Å². The first-order chi connectivity index (χ1) is 8.45. The number of aliphatic imine (C=N–C) groups is 1. The van der Waals surface area contributed by atoms with E-state index in [2.05, 4.69) is 10.4 Å². The summed E-state index contributed by atoms with van der Waals surface area (Å²) in [6, 6.07) is 0. The van der Waals surface area contributed by atoms with E-state index < -0.39 is 5.54 Å². The molecule has 1 amide bonds. The number of amides is 1. The van der Waals surface area contributed by atoms with Crippen molar-refractivity contribution in [3.8, 4) is 0 Å². The van der Waals surface area contributed by atoms with Crippen LogP contribution in [0, 0.1) is 0 Å². The van der Waals surface area contributed by atoms with E-state index in [4.69, 9.17) is 10.6 Å². The molecule has 1 aliphatic heterocycles. The minimum atomic E-state index is -0.648. The Bertz CT molecular complexity index is 329. The van der Waals surface area contributed by atoms with Gasteiger partial charge < -0.3 is 14.5 Å². The number of piperazine rings is 1. The van der Waals surface area contributed by atoms with E-state index in [9.17, 15) is 4.79 Å². The Balaban J connectivity index is 2.85. The number of hydrogen-bond donors (Lipinski definition) is 2. The predicted molar refractivity (Wildman–Crippen MR) is 69.9 cm³/mol. The summed E-state index contributed by atoms with van der Waals surface area (Å²) >= 11 is 0. The van der Waals surface area contributed by atoms with Crippen LogP contribution in [-0.2, 0) is 9.53 Å². The number of rotatable bonds is 3. The van der Waals surface area contributed by atoms with Crippen molar-refractivity contribution in [2.45, 2.75) is 19.4 Å². The summed E-state index contributed by atoms with van der Waals surface area (Å²) in [6.07, 6.45) is 0. The number of ether oxygens (including phenoxy) is 1. The van der Waals surface area contributed by atoms with Gasteiger partial charge in [-0.3, -0.25) is 10.2 Å². The van der Waals surface area contributed by atoms with E-state index in [-0.39, 0.29) is 5.91 Å². The Morgan fingerprint density at radius 1 is 1.56 bits per heavy atom. The lowest BCUT2D eigenvalue weighted by molar-refractivity contribution is -0.143. The second-order valence-electron chi connectivity index (χ2n) is 4.78. The van der Waals surface area contributed by atoms with E-state index >= 15 is 0 Å². The first-order valence-electron chi connectivity index (χ1n) is 5.98. The number of carbonyl (C=O) groups is 1. The summed E-state index contributed by atoms with van der Waals surface area (Å²) in [5.74, 6) is 6.08. The van der Waals surface area contributed by atoms with E-state index in [0.717, 1.165) is 0 Å². The molecule has 18 heavy (non-hydrogen) atoms. The van der Waals surface area contributed by atoms with Crippen molar-refractivity contribution in [1.29, 1.82) is 0 Å². The molecular formula is C11H23N5O2. The number of nitrogens with one attached hydrogen (secondary N) is 1. The second-order valence-corrected chi connectivity index (χ2v) is 4.78. The number of hydrazine groups is 1. The summed E-state index contributed by atoms with van der Waals surface area (Å²) < 4.78 is 4.94. The van der Waals surface area contributed by atoms with Crippen LogP contribution >= 0.6 is 0 Å². The van der Waals surface area contributed by atoms with Crippen molar-refractivity contribution in [3.05, 3.63) is 0 Å². The van der Waals surface area contributed by atoms with Gasteiger partial charge in [-0.2, -0.15) is 0 Å². The SMILES string of the molecule is COCCN=C(NN)N1CCN(C)C(=O)C1(C)C. The lowest BCUT2D eigenvalue weighted by Gasteiger charge is -2.45. The van der Waals surface area contributed by atoms with Crippen LogP contribution in [0.15, 0.2) is 4.99 Å². The van der Waals surface area contributed by atoms with Gasteiger partial charge in [-0.05, 0) is 13.8 Å². The van der Waals surface area contributed by atoms with Gasteiger partial charge in [-0.15, -0.1) is 0 Å². The fourth-order valence-electron chi connectivity index (χ4n) is 2.04. The molecule has 1 saturated heterocycles. The zero-order valence-electron chi connectivity index (χ0n) is 11.6. The van der Waals surface area contributed by atoms with Crippen molar-refractivity contribution >= 4 is 11.9 Å². The maximum atomic E-state index is 12.1. The molecule has 3 N–H and O–H groups in total. The molecule has 0 bridgehead atoms. The zero-order valence-corrected chi connectivity index (χ0v) is 11.6. The standard InChI is InChI=1S/C11H23N5O2/c1-11(2)9(17)15(3)6-7-16(11)10(14-12)13-5-8-18-4/h5-8,12H2,1-4H3,(H,13,14). The predicted octanol–water partition coefficient (Wildman–Crippen LogP) is -0.995. The number of methoxy groups -OCH3 is 1. The van der Waals surface area contributed by atoms with Gasteiger partial charge in [-0.1, -0.05) is 0 Å². The van der Waals surface area contributed by atoms with E-state index in [1.54, 1.807) is 19.1 Å². The first-order valence-corrected chi connectivity index (χ1v) is 5.98. The van der Waals surface area contributed by atoms with E-state index in [1.807, 2.05) is 18.7 Å². The van der Waals surface area contributed by atoms with Crippen molar-refractivity contribution in [1.82, 2.24) is 15.2 Å². The molecule has 1 heterocycles. The van der Waals surface area contributed by atoms with Crippen molar-refractivity contribution in [2.24, 2.45) is 10.8 Å². The van der Waals surface area contributed by atoms with E-state index in [0.29, 0.717) is 32.2 Å². The average molecular weight is 257 g/mol. The average Bonchev–Trinajstić information content (AvgIpc) is 2.33. The molecule has 0 unspecified atom stereocenters. The second kappa shape index (κ2) is 6.01. The smallest absolute Gasteiger partial charge is 0.247 e. The van der Waals surface area contributed by atoms with Crippen molar-refractivity contribution < 1.29 is 9.53 Å². The Morgan fingerprint density at radius 2 is 2.22 bits per heavy atom. The minimum Gasteiger partial charge on any atom is -0.383 e. The molecule has 1 aliphatic rings. The van der Waals surface area contributed by atoms with Crippen LogP contribution in [-0.4, -0.2) is 67.6 Å². The Labute approximate surface area is 108 Å². The topological polar surface area (TPSA) is 83.2 Å². The lowest BCUT2D eigenvalue weighted by Crippen LogP contribution is -2.66. The number of hydrogen-bond acceptors (Lipinski definition) is 4. The molecule has 0 aromatic heterocycles. The van der Waals surface area contributed by atoms with Gasteiger partial charge in [0.15, 0.2) is 0 Å². The highest BCUT2D eigenvalue weighted by Gasteiger charge is 2.41. The van der Waals surface area contributed by atoms with Crippen LogP contribution in [0.1, 0.15) is 13.8 Å². The van der Waals surface area contributed by atoms with Gasteiger partial charge in [0, 0.05) is 27.2 Å². The molecule has 7 heteroatoms. The Morgan fingerprint density at radius 3 is 2.78 bits per heavy atom. The third-order valence-electron chi connectivity index (χ3n) is 3.15. The molecule has 0 radical (unpaired) electrons. The van der Waals surface area contributed by atoms with Crippen LogP contribution in [0.25, 0.3) is 0 Å². The molecule has 1 fully saturated rings. The van der Waals surface area contributed by atoms with Crippen LogP contribution < -0.4 is 11.3 Å². The zero-order chi connectivity index (χ0) is 13.8. The summed E-state index contributed by atoms with van der Waals surface area (Å²) in [7, 11) is 3.42. The largest absolute Gasteiger partial charge is 0.383 e. The molecule has 104 valence electrons. The Kier molecular flexibility index (Phi) is 4.92. The van der Waals surface area contributed by atoms with Crippen LogP contribution in [0.3, 0.4) is 0 Å². The first kappa shape index (κ1) is 14.7. The number of guanidine groups is 1. The minimum absolute atomic E-state index is 0.0587. The van der Waals surface area contributed by atoms with Crippen molar-refractivity contribution in [3.63, 3.8) is 0 Å². The molecule has 1 rings (SSSR count). The lowest BCUT2D eigenvalue weighted by atomic mass is 9.98. The van der Waals surface area contributed by atoms with Crippen LogP contribution in [0.4, 0.5) is 0 Å². The highest BCUT2D eigenvalue weighted by Crippen LogP contribution is 2.21. The highest BCUT2D eigenvalue weighted by atomic mass is 16.5. The number of nitrogens with two attached hydrogens (primary N) is 1. The maximum absolute atomic E-state index is 12.1.